The summed E-state index contributed by atoms with van der Waals surface area (Å²) in [5.74, 6) is -4.25. The molecule has 0 aliphatic rings. The fourth-order valence-corrected chi connectivity index (χ4v) is 1.29. The van der Waals surface area contributed by atoms with E-state index in [1.807, 2.05) is 0 Å². The summed E-state index contributed by atoms with van der Waals surface area (Å²) in [5, 5.41) is 114. The molecule has 6 radical (unpaired) electrons. The van der Waals surface area contributed by atoms with Gasteiger partial charge >= 0.3 is 88.7 Å². The molecule has 264 valence electrons. The van der Waals surface area contributed by atoms with Crippen molar-refractivity contribution in [3.8, 4) is 0 Å². The minimum Gasteiger partial charge on any atom is -0.870 e. The molecule has 0 saturated carbocycles. The Hall–Kier alpha value is 2.70. The van der Waals surface area contributed by atoms with Gasteiger partial charge in [0.2, 0.25) is 0 Å². The zero-order valence-corrected chi connectivity index (χ0v) is 33.9. The van der Waals surface area contributed by atoms with Crippen molar-refractivity contribution in [3.05, 3.63) is 0 Å². The summed E-state index contributed by atoms with van der Waals surface area (Å²) in [4.78, 5) is 19.8. The minimum atomic E-state index is -2.62. The predicted octanol–water partition coefficient (Wildman–Crippen LogP) is -30.9. The molecular formula is C12H43Na3O26Sb2-4. The van der Waals surface area contributed by atoms with E-state index in [4.69, 9.17) is 30.6 Å². The van der Waals surface area contributed by atoms with Gasteiger partial charge < -0.3 is 137 Å². The van der Waals surface area contributed by atoms with Crippen LogP contribution < -0.4 is 119 Å². The summed E-state index contributed by atoms with van der Waals surface area (Å²) in [6, 6.07) is 0. The van der Waals surface area contributed by atoms with Crippen LogP contribution in [0.2, 0.25) is 0 Å². The average molecular weight is 916 g/mol. The van der Waals surface area contributed by atoms with Gasteiger partial charge in [-0.2, -0.15) is 0 Å². The number of rotatable bonds is 10. The van der Waals surface area contributed by atoms with Gasteiger partial charge in [0.15, 0.2) is 0 Å². The van der Waals surface area contributed by atoms with Crippen molar-refractivity contribution in [1.29, 1.82) is 0 Å². The maximum Gasteiger partial charge on any atom is 1.00 e. The first-order valence-corrected chi connectivity index (χ1v) is 6.82. The maximum atomic E-state index is 10.8. The van der Waals surface area contributed by atoms with Crippen LogP contribution in [0.1, 0.15) is 1.43 Å². The Labute approximate surface area is 345 Å². The van der Waals surface area contributed by atoms with Crippen molar-refractivity contribution >= 4 is 60.8 Å². The molecular weight excluding hydrogens is 873 g/mol. The van der Waals surface area contributed by atoms with E-state index in [9.17, 15) is 40.2 Å². The summed E-state index contributed by atoms with van der Waals surface area (Å²) in [7, 11) is 0. The molecule has 0 saturated heterocycles. The first kappa shape index (κ1) is 128. The monoisotopic (exact) mass is 914 g/mol. The zero-order valence-electron chi connectivity index (χ0n) is 22.8. The average Bonchev–Trinajstić information content (AvgIpc) is 2.62. The Bertz CT molecular complexity index is 421. The van der Waals surface area contributed by atoms with Gasteiger partial charge in [-0.3, -0.25) is 0 Å². The summed E-state index contributed by atoms with van der Waals surface area (Å²) in [5.41, 5.74) is 0. The predicted molar refractivity (Wildman–Crippen MR) is 119 cm³/mol. The fourth-order valence-electron chi connectivity index (χ4n) is 1.29. The number of aliphatic hydroxyl groups excluding tert-OH is 6. The standard InChI is InChI=1S/2C6H10O7.3Na.12H2O.2Sb.H2/c2*7-1-2(8)3(9)4(10)5(11)6(12)13;;;;;;;;;;;;;;;;;;/h2*2-5,7-8,10H,1H2,(H,12,13);;;;12*1H2;;;1H/q2*-2;3*+1;;;;;;;;;;;;;;;/p-3/t2*2-,3-,4+,5-;;;;;;;;;;;;;;;;;;/m11................../s1. The van der Waals surface area contributed by atoms with Crippen LogP contribution in [0, 0.1) is 0 Å². The number of carboxylic acid groups (broad SMARTS) is 2. The van der Waals surface area contributed by atoms with E-state index in [0.29, 0.717) is 0 Å². The maximum absolute atomic E-state index is 10.8. The van der Waals surface area contributed by atoms with E-state index in [2.05, 4.69) is 0 Å². The molecule has 0 bridgehead atoms. The van der Waals surface area contributed by atoms with Crippen LogP contribution in [0.15, 0.2) is 0 Å². The zero-order chi connectivity index (χ0) is 21.2. The Morgan fingerprint density at radius 2 is 0.651 bits per heavy atom. The molecule has 26 nitrogen and oxygen atoms in total. The van der Waals surface area contributed by atoms with Crippen LogP contribution >= 0.6 is 0 Å². The second-order valence-corrected chi connectivity index (χ2v) is 4.89. The smallest absolute Gasteiger partial charge is 0.870 e. The second kappa shape index (κ2) is 70.9. The van der Waals surface area contributed by atoms with Crippen LogP contribution in [-0.2, 0) is 9.59 Å². The Balaban J connectivity index is -0.0000000103. The molecule has 0 aromatic heterocycles. The van der Waals surface area contributed by atoms with Crippen molar-refractivity contribution in [3.63, 3.8) is 0 Å². The molecule has 0 fully saturated rings. The summed E-state index contributed by atoms with van der Waals surface area (Å²) >= 11 is 0. The van der Waals surface area contributed by atoms with E-state index in [-0.39, 0.29) is 205 Å². The molecule has 43 heavy (non-hydrogen) atoms. The molecule has 0 aromatic rings. The van der Waals surface area contributed by atoms with Crippen LogP contribution in [0.4, 0.5) is 0 Å². The molecule has 0 heterocycles. The molecule has 0 aliphatic heterocycles. The Kier molecular flexibility index (Phi) is 211. The molecule has 0 spiro atoms. The van der Waals surface area contributed by atoms with Gasteiger partial charge in [0.1, 0.15) is 0 Å². The van der Waals surface area contributed by atoms with E-state index < -0.39 is 74.0 Å². The van der Waals surface area contributed by atoms with Gasteiger partial charge in [-0.05, 0) is 0 Å². The molecule has 8 atom stereocenters. The summed E-state index contributed by atoms with van der Waals surface area (Å²) < 4.78 is 0. The molecule has 0 aliphatic carbocycles. The van der Waals surface area contributed by atoms with E-state index in [1.165, 1.54) is 0 Å². The molecule has 0 unspecified atom stereocenters. The molecule has 0 amide bonds. The van der Waals surface area contributed by atoms with Gasteiger partial charge in [-0.25, -0.2) is 0 Å². The topological polar surface area (TPSA) is 670 Å². The second-order valence-electron chi connectivity index (χ2n) is 4.89. The Morgan fingerprint density at radius 3 is 0.744 bits per heavy atom. The third-order valence-electron chi connectivity index (χ3n) is 2.89. The van der Waals surface area contributed by atoms with Crippen LogP contribution in [0.3, 0.4) is 0 Å². The first-order chi connectivity index (χ1) is 11.8. The van der Waals surface area contributed by atoms with Crippen molar-refractivity contribution < 1.29 is 227 Å². The van der Waals surface area contributed by atoms with Crippen LogP contribution in [0.5, 0.6) is 0 Å². The quantitative estimate of drug-likeness (QED) is 0.111. The molecule has 0 rings (SSSR count). The minimum absolute atomic E-state index is 0. The van der Waals surface area contributed by atoms with Gasteiger partial charge in [0.25, 0.3) is 0 Å². The van der Waals surface area contributed by atoms with Gasteiger partial charge in [-0.1, -0.05) is 24.4 Å². The number of aliphatic hydroxyl groups is 6. The van der Waals surface area contributed by atoms with Gasteiger partial charge in [-0.15, -0.1) is 0 Å². The fraction of sp³-hybridized carbons (Fsp3) is 0.833. The van der Waals surface area contributed by atoms with Crippen molar-refractivity contribution in [2.45, 2.75) is 48.8 Å². The third kappa shape index (κ3) is 54.4. The normalized spacial score (nSPS) is 12.3. The number of carbonyl (C=O) groups excluding carboxylic acids is 2. The molecule has 0 aromatic carbocycles. The van der Waals surface area contributed by atoms with Crippen molar-refractivity contribution in [1.82, 2.24) is 0 Å². The van der Waals surface area contributed by atoms with Crippen LogP contribution in [0.25, 0.3) is 0 Å². The third-order valence-corrected chi connectivity index (χ3v) is 2.89. The van der Waals surface area contributed by atoms with E-state index in [1.54, 1.807) is 0 Å². The molecule has 29 N–H and O–H groups in total. The molecule has 31 heteroatoms. The number of carboxylic acids is 2. The van der Waals surface area contributed by atoms with E-state index in [0.717, 1.165) is 0 Å². The van der Waals surface area contributed by atoms with Crippen molar-refractivity contribution in [2.24, 2.45) is 0 Å². The Morgan fingerprint density at radius 1 is 0.512 bits per heavy atom. The first-order valence-electron chi connectivity index (χ1n) is 6.82. The van der Waals surface area contributed by atoms with E-state index >= 15 is 0 Å². The summed E-state index contributed by atoms with van der Waals surface area (Å²) in [6.07, 6.45) is -18.2. The van der Waals surface area contributed by atoms with Gasteiger partial charge in [0, 0.05) is 74.4 Å². The SMILES string of the molecule is O.O.O.O.O.O.O.O.O.O.O.O=C([O-])[C@H]([O-])[C@@H](O)[C@H]([O-])[C@H](O)CO.O=C([O-])[C@H]([O-])[C@@H](O)[C@H]([O-])[C@H](O)CO.[HH].[Na+].[Na+].[Na+].[OH-].[Sb].[Sb]. The number of carbonyl (C=O) groups is 2. The van der Waals surface area contributed by atoms with Crippen LogP contribution in [-0.4, -0.2) is 219 Å². The summed E-state index contributed by atoms with van der Waals surface area (Å²) in [6.45, 7) is -1.91. The largest absolute Gasteiger partial charge is 1.00 e. The van der Waals surface area contributed by atoms with Gasteiger partial charge in [0.05, 0.1) is 25.4 Å². The number of hydrogen-bond donors (Lipinski definition) is 6. The number of hydrogen-bond acceptors (Lipinski definition) is 15. The van der Waals surface area contributed by atoms with Crippen molar-refractivity contribution in [2.75, 3.05) is 13.2 Å². The number of aliphatic carboxylic acids is 2.